The van der Waals surface area contributed by atoms with E-state index in [4.69, 9.17) is 4.74 Å². The summed E-state index contributed by atoms with van der Waals surface area (Å²) in [5.41, 5.74) is 2.95. The maximum absolute atomic E-state index is 12.0. The van der Waals surface area contributed by atoms with Gasteiger partial charge in [-0.2, -0.15) is 5.10 Å². The molecule has 2 rings (SSSR count). The van der Waals surface area contributed by atoms with Gasteiger partial charge in [-0.25, -0.2) is 4.79 Å². The number of carbonyl (C=O) groups excluding carboxylic acids is 1. The highest BCUT2D eigenvalue weighted by molar-refractivity contribution is 5.97. The molecule has 1 aromatic carbocycles. The van der Waals surface area contributed by atoms with Crippen molar-refractivity contribution in [2.75, 3.05) is 6.61 Å². The van der Waals surface area contributed by atoms with Crippen LogP contribution < -0.4 is 0 Å². The zero-order valence-corrected chi connectivity index (χ0v) is 10.8. The van der Waals surface area contributed by atoms with Crippen LogP contribution in [0.5, 0.6) is 0 Å². The minimum absolute atomic E-state index is 0.318. The Bertz CT molecular complexity index is 559. The monoisotopic (exact) mass is 244 g/mol. The van der Waals surface area contributed by atoms with E-state index < -0.39 is 0 Å². The summed E-state index contributed by atoms with van der Waals surface area (Å²) in [6.07, 6.45) is 0. The van der Waals surface area contributed by atoms with E-state index in [9.17, 15) is 4.79 Å². The number of ether oxygens (including phenoxy) is 1. The van der Waals surface area contributed by atoms with Crippen molar-refractivity contribution in [2.45, 2.75) is 13.8 Å². The normalized spacial score (nSPS) is 10.4. The second-order valence-electron chi connectivity index (χ2n) is 4.02. The first-order chi connectivity index (χ1) is 8.65. The summed E-state index contributed by atoms with van der Waals surface area (Å²) in [6.45, 7) is 4.03. The van der Waals surface area contributed by atoms with Crippen LogP contribution in [0, 0.1) is 6.92 Å². The summed E-state index contributed by atoms with van der Waals surface area (Å²) in [7, 11) is 1.82. The number of carbonyl (C=O) groups is 1. The number of esters is 1. The molecule has 0 aliphatic rings. The summed E-state index contributed by atoms with van der Waals surface area (Å²) in [4.78, 5) is 12.0. The van der Waals surface area contributed by atoms with Gasteiger partial charge in [-0.15, -0.1) is 0 Å². The number of aromatic nitrogens is 2. The number of rotatable bonds is 3. The van der Waals surface area contributed by atoms with Gasteiger partial charge < -0.3 is 4.74 Å². The third kappa shape index (κ3) is 2.14. The highest BCUT2D eigenvalue weighted by Gasteiger charge is 2.21. The van der Waals surface area contributed by atoms with Gasteiger partial charge in [0.05, 0.1) is 12.3 Å². The van der Waals surface area contributed by atoms with Gasteiger partial charge in [-0.05, 0) is 13.8 Å². The Labute approximate surface area is 106 Å². The number of nitrogens with zero attached hydrogens (tertiary/aromatic N) is 2. The Balaban J connectivity index is 2.55. The largest absolute Gasteiger partial charge is 0.462 e. The first kappa shape index (κ1) is 12.4. The van der Waals surface area contributed by atoms with E-state index in [1.165, 1.54) is 0 Å². The maximum Gasteiger partial charge on any atom is 0.342 e. The standard InChI is InChI=1S/C14H16N2O2/c1-4-18-14(17)12-10(2)16(3)15-13(12)11-8-6-5-7-9-11/h5-9H,4H2,1-3H3. The fourth-order valence-electron chi connectivity index (χ4n) is 1.85. The average molecular weight is 244 g/mol. The van der Waals surface area contributed by atoms with Crippen molar-refractivity contribution < 1.29 is 9.53 Å². The highest BCUT2D eigenvalue weighted by Crippen LogP contribution is 2.25. The molecule has 1 aromatic heterocycles. The number of hydrogen-bond acceptors (Lipinski definition) is 3. The minimum atomic E-state index is -0.318. The zero-order valence-electron chi connectivity index (χ0n) is 10.8. The van der Waals surface area contributed by atoms with Crippen LogP contribution in [0.1, 0.15) is 23.0 Å². The molecule has 0 aliphatic carbocycles. The maximum atomic E-state index is 12.0. The van der Waals surface area contributed by atoms with E-state index in [0.29, 0.717) is 17.9 Å². The van der Waals surface area contributed by atoms with Gasteiger partial charge in [-0.1, -0.05) is 30.3 Å². The van der Waals surface area contributed by atoms with Gasteiger partial charge in [0.1, 0.15) is 11.3 Å². The minimum Gasteiger partial charge on any atom is -0.462 e. The zero-order chi connectivity index (χ0) is 13.1. The lowest BCUT2D eigenvalue weighted by atomic mass is 10.1. The molecule has 0 unspecified atom stereocenters. The van der Waals surface area contributed by atoms with Crippen LogP contribution in [0.25, 0.3) is 11.3 Å². The molecule has 0 bridgehead atoms. The quantitative estimate of drug-likeness (QED) is 0.779. The van der Waals surface area contributed by atoms with Crippen molar-refractivity contribution in [1.29, 1.82) is 0 Å². The second-order valence-corrected chi connectivity index (χ2v) is 4.02. The lowest BCUT2D eigenvalue weighted by Crippen LogP contribution is -2.07. The van der Waals surface area contributed by atoms with Crippen LogP contribution in [0.3, 0.4) is 0 Å². The van der Waals surface area contributed by atoms with E-state index in [2.05, 4.69) is 5.10 Å². The van der Waals surface area contributed by atoms with Gasteiger partial charge in [0.2, 0.25) is 0 Å². The van der Waals surface area contributed by atoms with Crippen molar-refractivity contribution >= 4 is 5.97 Å². The van der Waals surface area contributed by atoms with Gasteiger partial charge in [0, 0.05) is 12.6 Å². The Hall–Kier alpha value is -2.10. The summed E-state index contributed by atoms with van der Waals surface area (Å²) < 4.78 is 6.79. The summed E-state index contributed by atoms with van der Waals surface area (Å²) >= 11 is 0. The van der Waals surface area contributed by atoms with Crippen LogP contribution in [-0.4, -0.2) is 22.4 Å². The van der Waals surface area contributed by atoms with E-state index >= 15 is 0 Å². The molecule has 0 aliphatic heterocycles. The fraction of sp³-hybridized carbons (Fsp3) is 0.286. The third-order valence-electron chi connectivity index (χ3n) is 2.86. The van der Waals surface area contributed by atoms with E-state index in [-0.39, 0.29) is 5.97 Å². The Morgan fingerprint density at radius 1 is 1.33 bits per heavy atom. The fourth-order valence-corrected chi connectivity index (χ4v) is 1.85. The topological polar surface area (TPSA) is 44.1 Å². The third-order valence-corrected chi connectivity index (χ3v) is 2.86. The molecule has 0 spiro atoms. The molecule has 2 aromatic rings. The van der Waals surface area contributed by atoms with Crippen LogP contribution >= 0.6 is 0 Å². The summed E-state index contributed by atoms with van der Waals surface area (Å²) in [5.74, 6) is -0.318. The highest BCUT2D eigenvalue weighted by atomic mass is 16.5. The molecule has 0 radical (unpaired) electrons. The van der Waals surface area contributed by atoms with Crippen LogP contribution in [0.15, 0.2) is 30.3 Å². The van der Waals surface area contributed by atoms with Crippen molar-refractivity contribution in [3.8, 4) is 11.3 Å². The summed E-state index contributed by atoms with van der Waals surface area (Å²) in [5, 5.41) is 4.40. The van der Waals surface area contributed by atoms with E-state index in [1.807, 2.05) is 44.3 Å². The average Bonchev–Trinajstić information content (AvgIpc) is 2.67. The Morgan fingerprint density at radius 2 is 2.00 bits per heavy atom. The van der Waals surface area contributed by atoms with Crippen molar-refractivity contribution in [1.82, 2.24) is 9.78 Å². The van der Waals surface area contributed by atoms with Crippen molar-refractivity contribution in [2.24, 2.45) is 7.05 Å². The molecule has 0 fully saturated rings. The second kappa shape index (κ2) is 5.04. The van der Waals surface area contributed by atoms with Gasteiger partial charge in [-0.3, -0.25) is 4.68 Å². The number of aryl methyl sites for hydroxylation is 1. The molecule has 18 heavy (non-hydrogen) atoms. The van der Waals surface area contributed by atoms with Crippen LogP contribution in [-0.2, 0) is 11.8 Å². The lowest BCUT2D eigenvalue weighted by Gasteiger charge is -2.03. The first-order valence-electron chi connectivity index (χ1n) is 5.91. The van der Waals surface area contributed by atoms with Gasteiger partial charge in [0.25, 0.3) is 0 Å². The van der Waals surface area contributed by atoms with Crippen molar-refractivity contribution in [3.63, 3.8) is 0 Å². The van der Waals surface area contributed by atoms with Gasteiger partial charge in [0.15, 0.2) is 0 Å². The Kier molecular flexibility index (Phi) is 3.46. The predicted molar refractivity (Wildman–Crippen MR) is 69.3 cm³/mol. The van der Waals surface area contributed by atoms with Crippen molar-refractivity contribution in [3.05, 3.63) is 41.6 Å². The smallest absolute Gasteiger partial charge is 0.342 e. The van der Waals surface area contributed by atoms with Crippen LogP contribution in [0.4, 0.5) is 0 Å². The van der Waals surface area contributed by atoms with E-state index in [0.717, 1.165) is 11.3 Å². The Morgan fingerprint density at radius 3 is 2.61 bits per heavy atom. The number of hydrogen-bond donors (Lipinski definition) is 0. The summed E-state index contributed by atoms with van der Waals surface area (Å²) in [6, 6.07) is 9.65. The van der Waals surface area contributed by atoms with Gasteiger partial charge >= 0.3 is 5.97 Å². The molecule has 94 valence electrons. The molecule has 0 N–H and O–H groups in total. The molecule has 0 saturated carbocycles. The molecule has 0 atom stereocenters. The SMILES string of the molecule is CCOC(=O)c1c(-c2ccccc2)nn(C)c1C. The molecule has 4 nitrogen and oxygen atoms in total. The molecule has 1 heterocycles. The molecule has 0 amide bonds. The predicted octanol–water partition coefficient (Wildman–Crippen LogP) is 2.57. The van der Waals surface area contributed by atoms with E-state index in [1.54, 1.807) is 11.6 Å². The molecule has 0 saturated heterocycles. The lowest BCUT2D eigenvalue weighted by molar-refractivity contribution is 0.0526. The molecule has 4 heteroatoms. The van der Waals surface area contributed by atoms with Crippen LogP contribution in [0.2, 0.25) is 0 Å². The first-order valence-corrected chi connectivity index (χ1v) is 5.91. The molecular formula is C14H16N2O2. The number of benzene rings is 1. The molecular weight excluding hydrogens is 228 g/mol.